The first-order valence-electron chi connectivity index (χ1n) is 5.25. The largest absolute Gasteiger partial charge is 0.381 e. The van der Waals surface area contributed by atoms with Gasteiger partial charge in [0.25, 0.3) is 0 Å². The summed E-state index contributed by atoms with van der Waals surface area (Å²) in [6.07, 6.45) is 6.61. The van der Waals surface area contributed by atoms with Gasteiger partial charge in [0.05, 0.1) is 12.1 Å². The number of nitrogens with zero attached hydrogens (tertiary/aromatic N) is 2. The summed E-state index contributed by atoms with van der Waals surface area (Å²) < 4.78 is 7.31. The Morgan fingerprint density at radius 1 is 1.53 bits per heavy atom. The number of nitrogens with two attached hydrogens (primary N) is 1. The van der Waals surface area contributed by atoms with Crippen molar-refractivity contribution >= 4 is 17.4 Å². The van der Waals surface area contributed by atoms with Crippen LogP contribution in [-0.4, -0.2) is 23.0 Å². The van der Waals surface area contributed by atoms with Gasteiger partial charge in [0.15, 0.2) is 5.82 Å². The Morgan fingerprint density at radius 2 is 2.27 bits per heavy atom. The van der Waals surface area contributed by atoms with Crippen LogP contribution in [0.3, 0.4) is 0 Å². The van der Waals surface area contributed by atoms with Crippen LogP contribution in [-0.2, 0) is 4.74 Å². The average Bonchev–Trinajstić information content (AvgIpc) is 2.59. The second kappa shape index (κ2) is 4.41. The quantitative estimate of drug-likeness (QED) is 0.846. The fourth-order valence-corrected chi connectivity index (χ4v) is 2.35. The predicted molar refractivity (Wildman–Crippen MR) is 60.0 cm³/mol. The Balaban J connectivity index is 2.20. The summed E-state index contributed by atoms with van der Waals surface area (Å²) >= 11 is 5.89. The van der Waals surface area contributed by atoms with Crippen LogP contribution in [0.25, 0.3) is 0 Å². The zero-order valence-corrected chi connectivity index (χ0v) is 9.57. The summed E-state index contributed by atoms with van der Waals surface area (Å²) in [4.78, 5) is 0. The molecular formula is C10H16ClN3O. The van der Waals surface area contributed by atoms with Crippen LogP contribution in [0.5, 0.6) is 0 Å². The summed E-state index contributed by atoms with van der Waals surface area (Å²) in [5.41, 5.74) is 5.63. The SMILES string of the molecule is COC1CCCCC1n1cc(Cl)c(N)n1. The molecule has 84 valence electrons. The minimum atomic E-state index is 0.231. The Kier molecular flexibility index (Phi) is 3.17. The van der Waals surface area contributed by atoms with Gasteiger partial charge in [0.2, 0.25) is 0 Å². The van der Waals surface area contributed by atoms with E-state index in [9.17, 15) is 0 Å². The Morgan fingerprint density at radius 3 is 2.87 bits per heavy atom. The number of methoxy groups -OCH3 is 1. The van der Waals surface area contributed by atoms with Crippen molar-refractivity contribution in [3.63, 3.8) is 0 Å². The van der Waals surface area contributed by atoms with E-state index in [-0.39, 0.29) is 12.1 Å². The third-order valence-electron chi connectivity index (χ3n) is 3.02. The summed E-state index contributed by atoms with van der Waals surface area (Å²) in [7, 11) is 1.75. The maximum absolute atomic E-state index is 5.89. The highest BCUT2D eigenvalue weighted by Gasteiger charge is 2.27. The highest BCUT2D eigenvalue weighted by atomic mass is 35.5. The van der Waals surface area contributed by atoms with Crippen LogP contribution in [0.1, 0.15) is 31.7 Å². The molecule has 1 fully saturated rings. The van der Waals surface area contributed by atoms with E-state index in [1.54, 1.807) is 13.3 Å². The van der Waals surface area contributed by atoms with Gasteiger partial charge < -0.3 is 10.5 Å². The number of anilines is 1. The van der Waals surface area contributed by atoms with Crippen molar-refractivity contribution in [2.75, 3.05) is 12.8 Å². The first-order valence-corrected chi connectivity index (χ1v) is 5.63. The van der Waals surface area contributed by atoms with Crippen molar-refractivity contribution < 1.29 is 4.74 Å². The van der Waals surface area contributed by atoms with Crippen LogP contribution in [0, 0.1) is 0 Å². The minimum Gasteiger partial charge on any atom is -0.381 e. The summed E-state index contributed by atoms with van der Waals surface area (Å²) in [6, 6.07) is 0.276. The predicted octanol–water partition coefficient (Wildman–Crippen LogP) is 2.25. The smallest absolute Gasteiger partial charge is 0.164 e. The second-order valence-corrected chi connectivity index (χ2v) is 4.38. The molecule has 0 aromatic carbocycles. The first kappa shape index (κ1) is 10.8. The minimum absolute atomic E-state index is 0.231. The van der Waals surface area contributed by atoms with Crippen molar-refractivity contribution in [1.29, 1.82) is 0 Å². The third-order valence-corrected chi connectivity index (χ3v) is 3.31. The molecule has 0 amide bonds. The number of ether oxygens (including phenoxy) is 1. The van der Waals surface area contributed by atoms with Gasteiger partial charge in [-0.2, -0.15) is 5.10 Å². The van der Waals surface area contributed by atoms with E-state index < -0.39 is 0 Å². The van der Waals surface area contributed by atoms with Crippen LogP contribution in [0.4, 0.5) is 5.82 Å². The second-order valence-electron chi connectivity index (χ2n) is 3.97. The van der Waals surface area contributed by atoms with E-state index >= 15 is 0 Å². The van der Waals surface area contributed by atoms with Crippen molar-refractivity contribution in [1.82, 2.24) is 9.78 Å². The highest BCUT2D eigenvalue weighted by molar-refractivity contribution is 6.32. The molecule has 1 saturated carbocycles. The van der Waals surface area contributed by atoms with E-state index in [0.29, 0.717) is 10.8 Å². The van der Waals surface area contributed by atoms with Gasteiger partial charge in [-0.25, -0.2) is 0 Å². The molecule has 1 aromatic rings. The van der Waals surface area contributed by atoms with Crippen LogP contribution in [0.2, 0.25) is 5.02 Å². The van der Waals surface area contributed by atoms with Gasteiger partial charge in [-0.05, 0) is 12.8 Å². The molecule has 5 heteroatoms. The number of hydrogen-bond acceptors (Lipinski definition) is 3. The number of halogens is 1. The summed E-state index contributed by atoms with van der Waals surface area (Å²) in [5.74, 6) is 0.400. The van der Waals surface area contributed by atoms with Crippen LogP contribution >= 0.6 is 11.6 Å². The van der Waals surface area contributed by atoms with Gasteiger partial charge >= 0.3 is 0 Å². The third kappa shape index (κ3) is 2.11. The van der Waals surface area contributed by atoms with Crippen molar-refractivity contribution in [2.45, 2.75) is 37.8 Å². The standard InChI is InChI=1S/C10H16ClN3O/c1-15-9-5-3-2-4-8(9)14-6-7(11)10(12)13-14/h6,8-9H,2-5H2,1H3,(H2,12,13). The van der Waals surface area contributed by atoms with Crippen LogP contribution < -0.4 is 5.73 Å². The average molecular weight is 230 g/mol. The molecular weight excluding hydrogens is 214 g/mol. The Hall–Kier alpha value is -0.740. The monoisotopic (exact) mass is 229 g/mol. The molecule has 2 rings (SSSR count). The molecule has 0 spiro atoms. The summed E-state index contributed by atoms with van der Waals surface area (Å²) in [6.45, 7) is 0. The van der Waals surface area contributed by atoms with Gasteiger partial charge in [0.1, 0.15) is 5.02 Å². The lowest BCUT2D eigenvalue weighted by Gasteiger charge is -2.30. The molecule has 4 nitrogen and oxygen atoms in total. The molecule has 0 radical (unpaired) electrons. The fraction of sp³-hybridized carbons (Fsp3) is 0.700. The number of rotatable bonds is 2. The molecule has 1 heterocycles. The van der Waals surface area contributed by atoms with Crippen molar-refractivity contribution in [3.8, 4) is 0 Å². The lowest BCUT2D eigenvalue weighted by molar-refractivity contribution is 0.0247. The lowest BCUT2D eigenvalue weighted by Crippen LogP contribution is -2.29. The molecule has 0 aliphatic heterocycles. The number of aromatic nitrogens is 2. The Bertz CT molecular complexity index is 320. The maximum Gasteiger partial charge on any atom is 0.164 e. The van der Waals surface area contributed by atoms with E-state index in [1.165, 1.54) is 12.8 Å². The van der Waals surface area contributed by atoms with Gasteiger partial charge in [0, 0.05) is 13.3 Å². The summed E-state index contributed by atoms with van der Waals surface area (Å²) in [5, 5.41) is 4.74. The molecule has 2 unspecified atom stereocenters. The van der Waals surface area contributed by atoms with E-state index in [0.717, 1.165) is 12.8 Å². The number of hydrogen-bond donors (Lipinski definition) is 1. The van der Waals surface area contributed by atoms with E-state index in [1.807, 2.05) is 4.68 Å². The van der Waals surface area contributed by atoms with Gasteiger partial charge in [-0.1, -0.05) is 24.4 Å². The highest BCUT2D eigenvalue weighted by Crippen LogP contribution is 2.31. The zero-order valence-electron chi connectivity index (χ0n) is 8.82. The molecule has 1 aromatic heterocycles. The topological polar surface area (TPSA) is 53.1 Å². The van der Waals surface area contributed by atoms with Crippen molar-refractivity contribution in [2.24, 2.45) is 0 Å². The fourth-order valence-electron chi connectivity index (χ4n) is 2.21. The molecule has 0 bridgehead atoms. The molecule has 2 atom stereocenters. The molecule has 15 heavy (non-hydrogen) atoms. The normalized spacial score (nSPS) is 26.8. The first-order chi connectivity index (χ1) is 7.22. The zero-order chi connectivity index (χ0) is 10.8. The molecule has 0 saturated heterocycles. The molecule has 2 N–H and O–H groups in total. The maximum atomic E-state index is 5.89. The van der Waals surface area contributed by atoms with E-state index in [2.05, 4.69) is 5.10 Å². The van der Waals surface area contributed by atoms with Gasteiger partial charge in [-0.3, -0.25) is 4.68 Å². The molecule has 1 aliphatic rings. The lowest BCUT2D eigenvalue weighted by atomic mass is 9.92. The van der Waals surface area contributed by atoms with Crippen LogP contribution in [0.15, 0.2) is 6.20 Å². The van der Waals surface area contributed by atoms with Gasteiger partial charge in [-0.15, -0.1) is 0 Å². The number of nitrogen functional groups attached to an aromatic ring is 1. The van der Waals surface area contributed by atoms with Crippen molar-refractivity contribution in [3.05, 3.63) is 11.2 Å². The Labute approximate surface area is 94.3 Å². The molecule has 1 aliphatic carbocycles. The van der Waals surface area contributed by atoms with E-state index in [4.69, 9.17) is 22.1 Å².